The van der Waals surface area contributed by atoms with Crippen molar-refractivity contribution in [3.63, 3.8) is 0 Å². The van der Waals surface area contributed by atoms with E-state index in [-0.39, 0.29) is 0 Å². The Hall–Kier alpha value is -3.57. The Morgan fingerprint density at radius 3 is 1.83 bits per heavy atom. The second-order valence-electron chi connectivity index (χ2n) is 8.56. The van der Waals surface area contributed by atoms with E-state index in [1.807, 2.05) is 43.3 Å². The van der Waals surface area contributed by atoms with Gasteiger partial charge in [0, 0.05) is 21.7 Å². The van der Waals surface area contributed by atoms with Gasteiger partial charge in [-0.05, 0) is 24.6 Å². The molecule has 4 nitrogen and oxygen atoms in total. The molecule has 2 unspecified atom stereocenters. The van der Waals surface area contributed by atoms with Crippen LogP contribution < -0.4 is 0 Å². The lowest BCUT2D eigenvalue weighted by molar-refractivity contribution is -0.0768. The SMILES string of the molecule is Cc1cccc(C2OC(c3ccc(Cl)cc3)OC2(C(=O)c2ccccc2)C(=O)c2ccccc2)c1. The summed E-state index contributed by atoms with van der Waals surface area (Å²) in [5.74, 6) is -0.898. The van der Waals surface area contributed by atoms with E-state index in [4.69, 9.17) is 21.1 Å². The molecule has 5 rings (SSSR count). The first-order chi connectivity index (χ1) is 17.0. The van der Waals surface area contributed by atoms with Crippen LogP contribution in [0.2, 0.25) is 5.02 Å². The van der Waals surface area contributed by atoms with Gasteiger partial charge in [-0.1, -0.05) is 114 Å². The fourth-order valence-corrected chi connectivity index (χ4v) is 4.57. The Labute approximate surface area is 209 Å². The van der Waals surface area contributed by atoms with E-state index in [9.17, 15) is 9.59 Å². The second kappa shape index (κ2) is 9.59. The standard InChI is InChI=1S/C30H23ClO4/c1-20-9-8-14-24(19-20)28-30(26(32)21-10-4-2-5-11-21,27(33)22-12-6-3-7-13-22)35-29(34-28)23-15-17-25(31)18-16-23/h2-19,28-29H,1H3. The smallest absolute Gasteiger partial charge is 0.226 e. The Kier molecular flexibility index (Phi) is 6.35. The molecule has 0 aromatic heterocycles. The van der Waals surface area contributed by atoms with Crippen molar-refractivity contribution in [3.05, 3.63) is 142 Å². The number of halogens is 1. The maximum Gasteiger partial charge on any atom is 0.226 e. The lowest BCUT2D eigenvalue weighted by atomic mass is 9.78. The minimum atomic E-state index is -1.93. The number of ether oxygens (including phenoxy) is 2. The van der Waals surface area contributed by atoms with Gasteiger partial charge in [-0.15, -0.1) is 0 Å². The molecule has 5 heteroatoms. The van der Waals surface area contributed by atoms with E-state index in [1.165, 1.54) is 0 Å². The van der Waals surface area contributed by atoms with E-state index in [0.717, 1.165) is 5.56 Å². The third-order valence-electron chi connectivity index (χ3n) is 6.16. The molecule has 1 aliphatic rings. The molecule has 1 saturated heterocycles. The molecule has 0 N–H and O–H groups in total. The Balaban J connectivity index is 1.72. The van der Waals surface area contributed by atoms with Gasteiger partial charge in [-0.3, -0.25) is 9.59 Å². The largest absolute Gasteiger partial charge is 0.336 e. The minimum absolute atomic E-state index is 0.370. The van der Waals surface area contributed by atoms with Crippen LogP contribution in [-0.2, 0) is 9.47 Å². The van der Waals surface area contributed by atoms with Crippen molar-refractivity contribution in [2.75, 3.05) is 0 Å². The third kappa shape index (κ3) is 4.32. The predicted octanol–water partition coefficient (Wildman–Crippen LogP) is 6.94. The van der Waals surface area contributed by atoms with Crippen molar-refractivity contribution < 1.29 is 19.1 Å². The van der Waals surface area contributed by atoms with Crippen molar-refractivity contribution in [1.29, 1.82) is 0 Å². The van der Waals surface area contributed by atoms with Crippen molar-refractivity contribution in [1.82, 2.24) is 0 Å². The van der Waals surface area contributed by atoms with Crippen molar-refractivity contribution in [2.24, 2.45) is 0 Å². The van der Waals surface area contributed by atoms with Gasteiger partial charge >= 0.3 is 0 Å². The maximum absolute atomic E-state index is 14.2. The van der Waals surface area contributed by atoms with Crippen molar-refractivity contribution >= 4 is 23.2 Å². The first-order valence-electron chi connectivity index (χ1n) is 11.3. The molecule has 1 aliphatic heterocycles. The van der Waals surface area contributed by atoms with Crippen LogP contribution in [-0.4, -0.2) is 17.2 Å². The van der Waals surface area contributed by atoms with Gasteiger partial charge in [-0.2, -0.15) is 0 Å². The summed E-state index contributed by atoms with van der Waals surface area (Å²) >= 11 is 6.09. The number of aryl methyl sites for hydroxylation is 1. The van der Waals surface area contributed by atoms with Crippen LogP contribution in [0.15, 0.2) is 109 Å². The van der Waals surface area contributed by atoms with Crippen LogP contribution in [0.25, 0.3) is 0 Å². The molecular formula is C30H23ClO4. The minimum Gasteiger partial charge on any atom is -0.336 e. The first-order valence-corrected chi connectivity index (χ1v) is 11.7. The normalized spacial score (nSPS) is 18.8. The fourth-order valence-electron chi connectivity index (χ4n) is 4.45. The van der Waals surface area contributed by atoms with Gasteiger partial charge in [0.25, 0.3) is 0 Å². The number of hydrogen-bond acceptors (Lipinski definition) is 4. The molecular weight excluding hydrogens is 460 g/mol. The zero-order valence-electron chi connectivity index (χ0n) is 19.1. The van der Waals surface area contributed by atoms with E-state index >= 15 is 0 Å². The first kappa shape index (κ1) is 23.2. The number of carbonyl (C=O) groups excluding carboxylic acids is 2. The highest BCUT2D eigenvalue weighted by Gasteiger charge is 2.61. The molecule has 0 saturated carbocycles. The van der Waals surface area contributed by atoms with Gasteiger partial charge in [0.15, 0.2) is 6.29 Å². The molecule has 0 amide bonds. The fraction of sp³-hybridized carbons (Fsp3) is 0.133. The maximum atomic E-state index is 14.2. The van der Waals surface area contributed by atoms with Crippen LogP contribution in [0.5, 0.6) is 0 Å². The molecule has 4 aromatic rings. The highest BCUT2D eigenvalue weighted by Crippen LogP contribution is 2.50. The Morgan fingerprint density at radius 1 is 0.714 bits per heavy atom. The summed E-state index contributed by atoms with van der Waals surface area (Å²) in [6.45, 7) is 1.95. The molecule has 0 spiro atoms. The molecule has 0 bridgehead atoms. The highest BCUT2D eigenvalue weighted by molar-refractivity contribution is 6.30. The number of hydrogen-bond donors (Lipinski definition) is 0. The quantitative estimate of drug-likeness (QED) is 0.220. The van der Waals surface area contributed by atoms with Gasteiger partial charge in [-0.25, -0.2) is 0 Å². The topological polar surface area (TPSA) is 52.6 Å². The summed E-state index contributed by atoms with van der Waals surface area (Å²) in [6, 6.07) is 32.1. The summed E-state index contributed by atoms with van der Waals surface area (Å²) in [5, 5.41) is 0.564. The molecule has 2 atom stereocenters. The average Bonchev–Trinajstić information content (AvgIpc) is 3.31. The molecule has 0 radical (unpaired) electrons. The predicted molar refractivity (Wildman–Crippen MR) is 135 cm³/mol. The summed E-state index contributed by atoms with van der Waals surface area (Å²) in [4.78, 5) is 28.5. The van der Waals surface area contributed by atoms with Crippen LogP contribution in [0.3, 0.4) is 0 Å². The third-order valence-corrected chi connectivity index (χ3v) is 6.41. The number of carbonyl (C=O) groups is 2. The average molecular weight is 483 g/mol. The van der Waals surface area contributed by atoms with Gasteiger partial charge in [0.1, 0.15) is 6.10 Å². The van der Waals surface area contributed by atoms with Gasteiger partial charge in [0.05, 0.1) is 0 Å². The van der Waals surface area contributed by atoms with Crippen LogP contribution in [0, 0.1) is 6.92 Å². The number of rotatable bonds is 6. The Bertz CT molecular complexity index is 1300. The van der Waals surface area contributed by atoms with E-state index in [0.29, 0.717) is 27.3 Å². The van der Waals surface area contributed by atoms with Gasteiger partial charge in [0.2, 0.25) is 17.2 Å². The summed E-state index contributed by atoms with van der Waals surface area (Å²) < 4.78 is 12.9. The lowest BCUT2D eigenvalue weighted by Gasteiger charge is -2.30. The molecule has 0 aliphatic carbocycles. The van der Waals surface area contributed by atoms with Crippen molar-refractivity contribution in [3.8, 4) is 0 Å². The monoisotopic (exact) mass is 482 g/mol. The molecule has 4 aromatic carbocycles. The van der Waals surface area contributed by atoms with Crippen molar-refractivity contribution in [2.45, 2.75) is 24.9 Å². The number of benzene rings is 4. The summed E-state index contributed by atoms with van der Waals surface area (Å²) in [7, 11) is 0. The highest BCUT2D eigenvalue weighted by atomic mass is 35.5. The Morgan fingerprint density at radius 2 is 1.29 bits per heavy atom. The number of ketones is 2. The summed E-state index contributed by atoms with van der Waals surface area (Å²) in [6.07, 6.45) is -1.92. The second-order valence-corrected chi connectivity index (χ2v) is 8.99. The summed E-state index contributed by atoms with van der Waals surface area (Å²) in [5.41, 5.74) is 1.14. The van der Waals surface area contributed by atoms with Crippen LogP contribution >= 0.6 is 11.6 Å². The van der Waals surface area contributed by atoms with Crippen LogP contribution in [0.1, 0.15) is 49.8 Å². The zero-order chi connectivity index (χ0) is 24.4. The van der Waals surface area contributed by atoms with E-state index < -0.39 is 29.6 Å². The molecule has 1 fully saturated rings. The molecule has 1 heterocycles. The number of Topliss-reactive ketones (excluding diaryl/α,β-unsaturated/α-hetero) is 2. The molecule has 174 valence electrons. The molecule has 35 heavy (non-hydrogen) atoms. The van der Waals surface area contributed by atoms with E-state index in [1.54, 1.807) is 72.8 Å². The van der Waals surface area contributed by atoms with Gasteiger partial charge < -0.3 is 9.47 Å². The lowest BCUT2D eigenvalue weighted by Crippen LogP contribution is -2.50. The van der Waals surface area contributed by atoms with Crippen LogP contribution in [0.4, 0.5) is 0 Å². The zero-order valence-corrected chi connectivity index (χ0v) is 19.8. The van der Waals surface area contributed by atoms with E-state index in [2.05, 4.69) is 0 Å².